The SMILES string of the molecule is O=C(C=Cc1ccc(Br)cc1)N1CCOC1=O. The third-order valence-corrected chi connectivity index (χ3v) is 2.84. The monoisotopic (exact) mass is 295 g/mol. The van der Waals surface area contributed by atoms with Crippen molar-refractivity contribution in [3.8, 4) is 0 Å². The highest BCUT2D eigenvalue weighted by molar-refractivity contribution is 9.10. The van der Waals surface area contributed by atoms with Gasteiger partial charge in [-0.2, -0.15) is 0 Å². The van der Waals surface area contributed by atoms with Gasteiger partial charge >= 0.3 is 6.09 Å². The van der Waals surface area contributed by atoms with Crippen LogP contribution in [0.5, 0.6) is 0 Å². The molecule has 0 aromatic heterocycles. The van der Waals surface area contributed by atoms with Crippen LogP contribution in [0, 0.1) is 0 Å². The van der Waals surface area contributed by atoms with E-state index in [1.165, 1.54) is 6.08 Å². The van der Waals surface area contributed by atoms with Crippen molar-refractivity contribution in [3.63, 3.8) is 0 Å². The van der Waals surface area contributed by atoms with Crippen molar-refractivity contribution in [2.24, 2.45) is 0 Å². The van der Waals surface area contributed by atoms with Crippen LogP contribution in [0.25, 0.3) is 6.08 Å². The molecule has 0 aliphatic carbocycles. The number of hydrogen-bond acceptors (Lipinski definition) is 3. The molecule has 0 unspecified atom stereocenters. The number of amides is 2. The molecular weight excluding hydrogens is 286 g/mol. The molecule has 0 N–H and O–H groups in total. The lowest BCUT2D eigenvalue weighted by molar-refractivity contribution is -0.122. The number of ether oxygens (including phenoxy) is 1. The van der Waals surface area contributed by atoms with Crippen LogP contribution in [0.4, 0.5) is 4.79 Å². The van der Waals surface area contributed by atoms with E-state index in [0.29, 0.717) is 6.54 Å². The number of carbonyl (C=O) groups is 2. The number of cyclic esters (lactones) is 1. The van der Waals surface area contributed by atoms with Gasteiger partial charge in [0.1, 0.15) is 6.61 Å². The summed E-state index contributed by atoms with van der Waals surface area (Å²) in [5.41, 5.74) is 0.897. The summed E-state index contributed by atoms with van der Waals surface area (Å²) >= 11 is 3.33. The molecule has 88 valence electrons. The van der Waals surface area contributed by atoms with Crippen molar-refractivity contribution in [1.82, 2.24) is 4.90 Å². The molecule has 0 atom stereocenters. The maximum absolute atomic E-state index is 11.6. The predicted octanol–water partition coefficient (Wildman–Crippen LogP) is 2.44. The molecule has 1 aromatic rings. The van der Waals surface area contributed by atoms with Crippen LogP contribution < -0.4 is 0 Å². The van der Waals surface area contributed by atoms with Crippen LogP contribution in [0.1, 0.15) is 5.56 Å². The summed E-state index contributed by atoms with van der Waals surface area (Å²) in [6.45, 7) is 0.596. The average molecular weight is 296 g/mol. The lowest BCUT2D eigenvalue weighted by Crippen LogP contribution is -2.29. The molecule has 17 heavy (non-hydrogen) atoms. The third-order valence-electron chi connectivity index (χ3n) is 2.32. The highest BCUT2D eigenvalue weighted by atomic mass is 79.9. The van der Waals surface area contributed by atoms with Crippen molar-refractivity contribution < 1.29 is 14.3 Å². The zero-order valence-corrected chi connectivity index (χ0v) is 10.5. The Morgan fingerprint density at radius 2 is 2.06 bits per heavy atom. The minimum absolute atomic E-state index is 0.275. The Bertz CT molecular complexity index is 467. The van der Waals surface area contributed by atoms with Gasteiger partial charge in [0.2, 0.25) is 0 Å². The normalized spacial score (nSPS) is 15.4. The van der Waals surface area contributed by atoms with Crippen molar-refractivity contribution >= 4 is 34.0 Å². The standard InChI is InChI=1S/C12H10BrNO3/c13-10-4-1-9(2-5-10)3-6-11(15)14-7-8-17-12(14)16/h1-6H,7-8H2. The smallest absolute Gasteiger partial charge is 0.416 e. The van der Waals surface area contributed by atoms with Crippen LogP contribution in [-0.2, 0) is 9.53 Å². The Balaban J connectivity index is 2.03. The highest BCUT2D eigenvalue weighted by Crippen LogP contribution is 2.12. The van der Waals surface area contributed by atoms with Crippen LogP contribution in [0.3, 0.4) is 0 Å². The van der Waals surface area contributed by atoms with Gasteiger partial charge in [0.05, 0.1) is 6.54 Å². The van der Waals surface area contributed by atoms with Gasteiger partial charge in [-0.3, -0.25) is 4.79 Å². The van der Waals surface area contributed by atoms with Gasteiger partial charge in [-0.15, -0.1) is 0 Å². The second-order valence-corrected chi connectivity index (χ2v) is 4.40. The molecule has 1 saturated heterocycles. The maximum Gasteiger partial charge on any atom is 0.416 e. The largest absolute Gasteiger partial charge is 0.447 e. The van der Waals surface area contributed by atoms with Crippen molar-refractivity contribution in [3.05, 3.63) is 40.4 Å². The molecule has 0 spiro atoms. The molecule has 1 aliphatic heterocycles. The summed E-state index contributed by atoms with van der Waals surface area (Å²) in [6, 6.07) is 7.51. The number of nitrogens with zero attached hydrogens (tertiary/aromatic N) is 1. The number of hydrogen-bond donors (Lipinski definition) is 0. The summed E-state index contributed by atoms with van der Waals surface area (Å²) in [7, 11) is 0. The second kappa shape index (κ2) is 5.14. The zero-order chi connectivity index (χ0) is 12.3. The van der Waals surface area contributed by atoms with E-state index in [1.54, 1.807) is 6.08 Å². The quantitative estimate of drug-likeness (QED) is 0.788. The van der Waals surface area contributed by atoms with Crippen LogP contribution in [-0.4, -0.2) is 30.1 Å². The van der Waals surface area contributed by atoms with Gasteiger partial charge in [-0.25, -0.2) is 9.69 Å². The first kappa shape index (κ1) is 11.9. The summed E-state index contributed by atoms with van der Waals surface area (Å²) in [6.07, 6.45) is 2.46. The van der Waals surface area contributed by atoms with E-state index >= 15 is 0 Å². The number of benzene rings is 1. The lowest BCUT2D eigenvalue weighted by atomic mass is 10.2. The minimum atomic E-state index is -0.574. The van der Waals surface area contributed by atoms with Crippen molar-refractivity contribution in [2.75, 3.05) is 13.2 Å². The molecule has 4 nitrogen and oxygen atoms in total. The first-order valence-corrected chi connectivity index (χ1v) is 5.88. The van der Waals surface area contributed by atoms with Gasteiger partial charge in [0.25, 0.3) is 5.91 Å². The van der Waals surface area contributed by atoms with Crippen LogP contribution in [0.2, 0.25) is 0 Å². The molecule has 1 aliphatic rings. The van der Waals surface area contributed by atoms with Gasteiger partial charge < -0.3 is 4.74 Å². The molecule has 2 rings (SSSR count). The first-order valence-electron chi connectivity index (χ1n) is 5.09. The van der Waals surface area contributed by atoms with E-state index in [4.69, 9.17) is 0 Å². The fourth-order valence-electron chi connectivity index (χ4n) is 1.42. The zero-order valence-electron chi connectivity index (χ0n) is 8.93. The van der Waals surface area contributed by atoms with Gasteiger partial charge in [-0.05, 0) is 23.8 Å². The number of halogens is 1. The van der Waals surface area contributed by atoms with Gasteiger partial charge in [0.15, 0.2) is 0 Å². The summed E-state index contributed by atoms with van der Waals surface area (Å²) in [5, 5.41) is 0. The third kappa shape index (κ3) is 2.94. The Morgan fingerprint density at radius 1 is 1.35 bits per heavy atom. The highest BCUT2D eigenvalue weighted by Gasteiger charge is 2.26. The predicted molar refractivity (Wildman–Crippen MR) is 66.2 cm³/mol. The Morgan fingerprint density at radius 3 is 2.65 bits per heavy atom. The van der Waals surface area contributed by atoms with Gasteiger partial charge in [-0.1, -0.05) is 28.1 Å². The van der Waals surface area contributed by atoms with Crippen LogP contribution >= 0.6 is 15.9 Å². The molecule has 1 fully saturated rings. The molecule has 0 saturated carbocycles. The summed E-state index contributed by atoms with van der Waals surface area (Å²) in [5.74, 6) is -0.351. The molecule has 2 amide bonds. The molecule has 1 aromatic carbocycles. The van der Waals surface area contributed by atoms with E-state index in [2.05, 4.69) is 20.7 Å². The van der Waals surface area contributed by atoms with Crippen LogP contribution in [0.15, 0.2) is 34.8 Å². The minimum Gasteiger partial charge on any atom is -0.447 e. The molecule has 5 heteroatoms. The van der Waals surface area contributed by atoms with E-state index in [1.807, 2.05) is 24.3 Å². The van der Waals surface area contributed by atoms with Crippen molar-refractivity contribution in [1.29, 1.82) is 0 Å². The fraction of sp³-hybridized carbons (Fsp3) is 0.167. The Hall–Kier alpha value is -1.62. The fourth-order valence-corrected chi connectivity index (χ4v) is 1.69. The number of carbonyl (C=O) groups excluding carboxylic acids is 2. The average Bonchev–Trinajstić information content (AvgIpc) is 2.74. The maximum atomic E-state index is 11.6. The molecule has 1 heterocycles. The first-order chi connectivity index (χ1) is 8.16. The van der Waals surface area contributed by atoms with Crippen molar-refractivity contribution in [2.45, 2.75) is 0 Å². The van der Waals surface area contributed by atoms with Gasteiger partial charge in [0, 0.05) is 10.5 Å². The summed E-state index contributed by atoms with van der Waals surface area (Å²) < 4.78 is 5.66. The summed E-state index contributed by atoms with van der Waals surface area (Å²) in [4.78, 5) is 23.8. The van der Waals surface area contributed by atoms with E-state index in [9.17, 15) is 9.59 Å². The Kier molecular flexibility index (Phi) is 3.58. The number of rotatable bonds is 2. The Labute approximate surface area is 107 Å². The molecular formula is C12H10BrNO3. The topological polar surface area (TPSA) is 46.6 Å². The van der Waals surface area contributed by atoms with E-state index in [-0.39, 0.29) is 12.5 Å². The second-order valence-electron chi connectivity index (χ2n) is 3.49. The number of imide groups is 1. The van der Waals surface area contributed by atoms with E-state index in [0.717, 1.165) is 14.9 Å². The molecule has 0 bridgehead atoms. The lowest BCUT2D eigenvalue weighted by Gasteiger charge is -2.06. The molecule has 0 radical (unpaired) electrons. The van der Waals surface area contributed by atoms with E-state index < -0.39 is 6.09 Å².